The molecule has 1 aromatic carbocycles. The van der Waals surface area contributed by atoms with E-state index in [0.717, 1.165) is 22.6 Å². The fourth-order valence-electron chi connectivity index (χ4n) is 2.09. The molecule has 0 radical (unpaired) electrons. The Kier molecular flexibility index (Phi) is 3.90. The molecule has 0 unspecified atom stereocenters. The van der Waals surface area contributed by atoms with E-state index >= 15 is 0 Å². The molecule has 0 aliphatic heterocycles. The topological polar surface area (TPSA) is 35.5 Å². The highest BCUT2D eigenvalue weighted by Crippen LogP contribution is 2.28. The molecule has 0 saturated heterocycles. The third-order valence-corrected chi connectivity index (χ3v) is 3.87. The summed E-state index contributed by atoms with van der Waals surface area (Å²) in [6.45, 7) is 3.88. The Balaban J connectivity index is 2.39. The number of ketones is 1. The average molecular weight is 276 g/mol. The van der Waals surface area contributed by atoms with Gasteiger partial charge in [0.1, 0.15) is 11.5 Å². The largest absolute Gasteiger partial charge is 0.496 e. The fourth-order valence-corrected chi connectivity index (χ4v) is 2.91. The summed E-state index contributed by atoms with van der Waals surface area (Å²) in [5.41, 5.74) is 2.61. The first-order chi connectivity index (χ1) is 9.06. The molecule has 1 aromatic heterocycles. The Hall–Kier alpha value is -1.81. The summed E-state index contributed by atoms with van der Waals surface area (Å²) in [6.07, 6.45) is 0. The van der Waals surface area contributed by atoms with Crippen molar-refractivity contribution >= 4 is 17.1 Å². The zero-order valence-corrected chi connectivity index (χ0v) is 12.3. The van der Waals surface area contributed by atoms with Gasteiger partial charge in [0, 0.05) is 17.0 Å². The van der Waals surface area contributed by atoms with Gasteiger partial charge in [-0.05, 0) is 37.1 Å². The number of methoxy groups -OCH3 is 2. The Morgan fingerprint density at radius 3 is 2.16 bits per heavy atom. The number of hydrogen-bond donors (Lipinski definition) is 0. The molecule has 1 heterocycles. The van der Waals surface area contributed by atoms with Crippen LogP contribution in [0.2, 0.25) is 0 Å². The smallest absolute Gasteiger partial charge is 0.203 e. The second kappa shape index (κ2) is 5.45. The lowest BCUT2D eigenvalue weighted by atomic mass is 10.0. The van der Waals surface area contributed by atoms with Gasteiger partial charge in [-0.15, -0.1) is 11.3 Å². The standard InChI is InChI=1S/C15H16O3S/c1-9-5-11(6-10(2)15(9)18-4)14(16)13-7-12(17-3)8-19-13/h5-8H,1-4H3. The van der Waals surface area contributed by atoms with Gasteiger partial charge in [-0.25, -0.2) is 0 Å². The summed E-state index contributed by atoms with van der Waals surface area (Å²) in [4.78, 5) is 13.1. The van der Waals surface area contributed by atoms with Gasteiger partial charge in [0.15, 0.2) is 0 Å². The Bertz CT molecular complexity index is 591. The normalized spacial score (nSPS) is 10.3. The van der Waals surface area contributed by atoms with Gasteiger partial charge >= 0.3 is 0 Å². The van der Waals surface area contributed by atoms with Crippen LogP contribution in [0.15, 0.2) is 23.6 Å². The van der Waals surface area contributed by atoms with E-state index in [4.69, 9.17) is 9.47 Å². The number of hydrogen-bond acceptors (Lipinski definition) is 4. The minimum atomic E-state index is 0.0159. The van der Waals surface area contributed by atoms with Crippen molar-refractivity contribution in [1.82, 2.24) is 0 Å². The molecule has 0 bridgehead atoms. The van der Waals surface area contributed by atoms with Crippen molar-refractivity contribution in [3.63, 3.8) is 0 Å². The molecule has 0 amide bonds. The highest BCUT2D eigenvalue weighted by molar-refractivity contribution is 7.12. The van der Waals surface area contributed by atoms with Crippen molar-refractivity contribution in [3.05, 3.63) is 45.1 Å². The molecular weight excluding hydrogens is 260 g/mol. The van der Waals surface area contributed by atoms with Crippen LogP contribution in [0.5, 0.6) is 11.5 Å². The summed E-state index contributed by atoms with van der Waals surface area (Å²) < 4.78 is 10.4. The van der Waals surface area contributed by atoms with E-state index < -0.39 is 0 Å². The van der Waals surface area contributed by atoms with Crippen LogP contribution >= 0.6 is 11.3 Å². The second-order valence-corrected chi connectivity index (χ2v) is 5.23. The molecule has 2 aromatic rings. The van der Waals surface area contributed by atoms with Crippen molar-refractivity contribution in [2.45, 2.75) is 13.8 Å². The van der Waals surface area contributed by atoms with Crippen molar-refractivity contribution in [2.75, 3.05) is 14.2 Å². The first-order valence-electron chi connectivity index (χ1n) is 5.89. The average Bonchev–Trinajstić information content (AvgIpc) is 2.86. The van der Waals surface area contributed by atoms with E-state index in [2.05, 4.69) is 0 Å². The molecule has 0 aliphatic rings. The summed E-state index contributed by atoms with van der Waals surface area (Å²) in [6, 6.07) is 5.49. The number of carbonyl (C=O) groups is 1. The third-order valence-electron chi connectivity index (χ3n) is 2.96. The fraction of sp³-hybridized carbons (Fsp3) is 0.267. The molecule has 0 spiro atoms. The predicted octanol–water partition coefficient (Wildman–Crippen LogP) is 3.61. The number of carbonyl (C=O) groups excluding carboxylic acids is 1. The Morgan fingerprint density at radius 2 is 1.68 bits per heavy atom. The molecule has 100 valence electrons. The monoisotopic (exact) mass is 276 g/mol. The maximum Gasteiger partial charge on any atom is 0.203 e. The summed E-state index contributed by atoms with van der Waals surface area (Å²) in [5, 5.41) is 1.83. The summed E-state index contributed by atoms with van der Waals surface area (Å²) in [5.74, 6) is 1.57. The number of rotatable bonds is 4. The zero-order valence-electron chi connectivity index (χ0n) is 11.4. The molecule has 0 N–H and O–H groups in total. The first kappa shape index (κ1) is 13.6. The minimum Gasteiger partial charge on any atom is -0.496 e. The second-order valence-electron chi connectivity index (χ2n) is 4.32. The van der Waals surface area contributed by atoms with Gasteiger partial charge in [-0.2, -0.15) is 0 Å². The lowest BCUT2D eigenvalue weighted by Gasteiger charge is -2.10. The van der Waals surface area contributed by atoms with Crippen LogP contribution in [0.4, 0.5) is 0 Å². The predicted molar refractivity (Wildman–Crippen MR) is 76.8 cm³/mol. The quantitative estimate of drug-likeness (QED) is 0.800. The molecule has 0 aliphatic carbocycles. The van der Waals surface area contributed by atoms with E-state index in [0.29, 0.717) is 10.4 Å². The van der Waals surface area contributed by atoms with Crippen molar-refractivity contribution < 1.29 is 14.3 Å². The molecule has 0 atom stereocenters. The van der Waals surface area contributed by atoms with Crippen LogP contribution in [0, 0.1) is 13.8 Å². The van der Waals surface area contributed by atoms with Crippen molar-refractivity contribution in [1.29, 1.82) is 0 Å². The van der Waals surface area contributed by atoms with E-state index in [-0.39, 0.29) is 5.78 Å². The Labute approximate surface area is 116 Å². The van der Waals surface area contributed by atoms with Crippen LogP contribution in [-0.4, -0.2) is 20.0 Å². The molecular formula is C15H16O3S. The van der Waals surface area contributed by atoms with Gasteiger partial charge in [-0.1, -0.05) is 0 Å². The van der Waals surface area contributed by atoms with Crippen LogP contribution in [-0.2, 0) is 0 Å². The van der Waals surface area contributed by atoms with Crippen LogP contribution in [0.1, 0.15) is 26.4 Å². The van der Waals surface area contributed by atoms with E-state index in [1.165, 1.54) is 11.3 Å². The maximum atomic E-state index is 12.4. The minimum absolute atomic E-state index is 0.0159. The number of thiophene rings is 1. The SMILES string of the molecule is COc1csc(C(=O)c2cc(C)c(OC)c(C)c2)c1. The highest BCUT2D eigenvalue weighted by Gasteiger charge is 2.15. The van der Waals surface area contributed by atoms with Crippen LogP contribution < -0.4 is 9.47 Å². The Morgan fingerprint density at radius 1 is 1.05 bits per heavy atom. The van der Waals surface area contributed by atoms with Gasteiger partial charge in [-0.3, -0.25) is 4.79 Å². The van der Waals surface area contributed by atoms with Crippen LogP contribution in [0.3, 0.4) is 0 Å². The molecule has 2 rings (SSSR count). The van der Waals surface area contributed by atoms with Gasteiger partial charge in [0.05, 0.1) is 19.1 Å². The number of benzene rings is 1. The molecule has 4 heteroatoms. The highest BCUT2D eigenvalue weighted by atomic mass is 32.1. The molecule has 19 heavy (non-hydrogen) atoms. The van der Waals surface area contributed by atoms with Gasteiger partial charge in [0.2, 0.25) is 5.78 Å². The van der Waals surface area contributed by atoms with Crippen molar-refractivity contribution in [3.8, 4) is 11.5 Å². The first-order valence-corrected chi connectivity index (χ1v) is 6.77. The van der Waals surface area contributed by atoms with Crippen molar-refractivity contribution in [2.24, 2.45) is 0 Å². The van der Waals surface area contributed by atoms with Gasteiger partial charge in [0.25, 0.3) is 0 Å². The summed E-state index contributed by atoms with van der Waals surface area (Å²) >= 11 is 1.39. The maximum absolute atomic E-state index is 12.4. The van der Waals surface area contributed by atoms with E-state index in [1.807, 2.05) is 31.4 Å². The molecule has 3 nitrogen and oxygen atoms in total. The number of ether oxygens (including phenoxy) is 2. The van der Waals surface area contributed by atoms with E-state index in [1.54, 1.807) is 20.3 Å². The van der Waals surface area contributed by atoms with Crippen LogP contribution in [0.25, 0.3) is 0 Å². The molecule has 0 saturated carbocycles. The third kappa shape index (κ3) is 2.63. The lowest BCUT2D eigenvalue weighted by molar-refractivity contribution is 0.104. The van der Waals surface area contributed by atoms with Gasteiger partial charge < -0.3 is 9.47 Å². The number of aryl methyl sites for hydroxylation is 2. The molecule has 0 fully saturated rings. The van der Waals surface area contributed by atoms with E-state index in [9.17, 15) is 4.79 Å². The lowest BCUT2D eigenvalue weighted by Crippen LogP contribution is -2.01. The zero-order chi connectivity index (χ0) is 14.0. The summed E-state index contributed by atoms with van der Waals surface area (Å²) in [7, 11) is 3.24.